The second-order valence-electron chi connectivity index (χ2n) is 5.67. The number of piperazine rings is 1. The lowest BCUT2D eigenvalue weighted by molar-refractivity contribution is -0.134. The zero-order valence-corrected chi connectivity index (χ0v) is 13.9. The van der Waals surface area contributed by atoms with Gasteiger partial charge in [0, 0.05) is 5.02 Å². The van der Waals surface area contributed by atoms with Crippen molar-refractivity contribution in [3.63, 3.8) is 0 Å². The topological polar surface area (TPSA) is 49.4 Å². The summed E-state index contributed by atoms with van der Waals surface area (Å²) in [7, 11) is 0. The molecule has 0 aliphatic carbocycles. The van der Waals surface area contributed by atoms with Crippen molar-refractivity contribution in [2.45, 2.75) is 39.8 Å². The second kappa shape index (κ2) is 5.85. The maximum absolute atomic E-state index is 12.7. The van der Waals surface area contributed by atoms with Crippen molar-refractivity contribution in [1.82, 2.24) is 5.32 Å². The van der Waals surface area contributed by atoms with Crippen LogP contribution in [0.15, 0.2) is 12.1 Å². The molecular formula is C15H18Cl2N2O2. The number of anilines is 1. The first kappa shape index (κ1) is 16.1. The van der Waals surface area contributed by atoms with Crippen LogP contribution >= 0.6 is 23.2 Å². The number of nitrogens with one attached hydrogen (secondary N) is 1. The van der Waals surface area contributed by atoms with Crippen LogP contribution in [0.3, 0.4) is 0 Å². The highest BCUT2D eigenvalue weighted by molar-refractivity contribution is 6.36. The van der Waals surface area contributed by atoms with E-state index in [1.54, 1.807) is 19.1 Å². The Morgan fingerprint density at radius 1 is 1.19 bits per heavy atom. The number of rotatable bonds is 2. The standard InChI is InChI=1S/C15H18Cl2N2O2/c1-7(2)13-15(21)19(9(4)14(20)18-13)12-6-10(16)8(3)5-11(12)17/h5-7,9,13H,1-4H3,(H,18,20). The van der Waals surface area contributed by atoms with Crippen molar-refractivity contribution in [3.05, 3.63) is 27.7 Å². The molecule has 0 radical (unpaired) electrons. The number of carbonyl (C=O) groups is 2. The van der Waals surface area contributed by atoms with Gasteiger partial charge in [0.15, 0.2) is 0 Å². The lowest BCUT2D eigenvalue weighted by Gasteiger charge is -2.39. The van der Waals surface area contributed by atoms with E-state index in [2.05, 4.69) is 5.32 Å². The van der Waals surface area contributed by atoms with Crippen molar-refractivity contribution < 1.29 is 9.59 Å². The highest BCUT2D eigenvalue weighted by Gasteiger charge is 2.41. The largest absolute Gasteiger partial charge is 0.342 e. The van der Waals surface area contributed by atoms with Crippen LogP contribution in [0.4, 0.5) is 5.69 Å². The number of benzene rings is 1. The number of hydrogen-bond donors (Lipinski definition) is 1. The molecule has 0 spiro atoms. The van der Waals surface area contributed by atoms with E-state index in [9.17, 15) is 9.59 Å². The molecule has 2 unspecified atom stereocenters. The molecule has 21 heavy (non-hydrogen) atoms. The predicted octanol–water partition coefficient (Wildman–Crippen LogP) is 3.18. The molecule has 2 rings (SSSR count). The Kier molecular flexibility index (Phi) is 4.49. The van der Waals surface area contributed by atoms with Gasteiger partial charge in [0.1, 0.15) is 12.1 Å². The summed E-state index contributed by atoms with van der Waals surface area (Å²) in [5.74, 6) is -0.365. The minimum atomic E-state index is -0.622. The summed E-state index contributed by atoms with van der Waals surface area (Å²) in [6.07, 6.45) is 0. The highest BCUT2D eigenvalue weighted by atomic mass is 35.5. The molecule has 4 nitrogen and oxygen atoms in total. The normalized spacial score (nSPS) is 22.7. The number of amides is 2. The van der Waals surface area contributed by atoms with Crippen molar-refractivity contribution in [2.75, 3.05) is 4.90 Å². The van der Waals surface area contributed by atoms with E-state index in [1.807, 2.05) is 20.8 Å². The van der Waals surface area contributed by atoms with E-state index in [0.717, 1.165) is 5.56 Å². The third-order valence-corrected chi connectivity index (χ3v) is 4.43. The molecule has 0 bridgehead atoms. The smallest absolute Gasteiger partial charge is 0.250 e. The second-order valence-corrected chi connectivity index (χ2v) is 6.48. The fourth-order valence-corrected chi connectivity index (χ4v) is 2.86. The Balaban J connectivity index is 2.51. The molecule has 114 valence electrons. The summed E-state index contributed by atoms with van der Waals surface area (Å²) in [6.45, 7) is 7.29. The maximum Gasteiger partial charge on any atom is 0.250 e. The summed E-state index contributed by atoms with van der Waals surface area (Å²) in [4.78, 5) is 26.2. The Hall–Kier alpha value is -1.26. The Morgan fingerprint density at radius 2 is 1.81 bits per heavy atom. The minimum Gasteiger partial charge on any atom is -0.342 e. The Labute approximate surface area is 134 Å². The highest BCUT2D eigenvalue weighted by Crippen LogP contribution is 2.34. The maximum atomic E-state index is 12.7. The average molecular weight is 329 g/mol. The molecule has 1 aliphatic heterocycles. The molecule has 0 aromatic heterocycles. The molecule has 2 amide bonds. The first-order chi connectivity index (χ1) is 9.73. The van der Waals surface area contributed by atoms with Gasteiger partial charge in [0.2, 0.25) is 5.91 Å². The van der Waals surface area contributed by atoms with Crippen LogP contribution in [0.25, 0.3) is 0 Å². The Bertz CT molecular complexity index is 602. The van der Waals surface area contributed by atoms with Gasteiger partial charge in [-0.05, 0) is 37.5 Å². The third-order valence-electron chi connectivity index (χ3n) is 3.72. The number of hydrogen-bond acceptors (Lipinski definition) is 2. The van der Waals surface area contributed by atoms with E-state index in [-0.39, 0.29) is 17.7 Å². The molecule has 1 aliphatic rings. The Morgan fingerprint density at radius 3 is 2.38 bits per heavy atom. The van der Waals surface area contributed by atoms with Crippen LogP contribution in [-0.4, -0.2) is 23.9 Å². The van der Waals surface area contributed by atoms with Gasteiger partial charge in [-0.3, -0.25) is 14.5 Å². The zero-order valence-electron chi connectivity index (χ0n) is 12.4. The minimum absolute atomic E-state index is 0.00357. The van der Waals surface area contributed by atoms with Crippen LogP contribution in [0.1, 0.15) is 26.3 Å². The first-order valence-electron chi connectivity index (χ1n) is 6.83. The van der Waals surface area contributed by atoms with E-state index >= 15 is 0 Å². The monoisotopic (exact) mass is 328 g/mol. The summed E-state index contributed by atoms with van der Waals surface area (Å²) in [6, 6.07) is 2.17. The molecule has 1 fully saturated rings. The van der Waals surface area contributed by atoms with Crippen molar-refractivity contribution in [2.24, 2.45) is 5.92 Å². The van der Waals surface area contributed by atoms with Gasteiger partial charge >= 0.3 is 0 Å². The van der Waals surface area contributed by atoms with Crippen LogP contribution in [0, 0.1) is 12.8 Å². The zero-order chi connectivity index (χ0) is 15.9. The van der Waals surface area contributed by atoms with Gasteiger partial charge in [0.25, 0.3) is 5.91 Å². The molecule has 0 saturated carbocycles. The molecule has 2 atom stereocenters. The summed E-state index contributed by atoms with van der Waals surface area (Å²) >= 11 is 12.4. The molecule has 1 aromatic rings. The number of carbonyl (C=O) groups excluding carboxylic acids is 2. The van der Waals surface area contributed by atoms with Gasteiger partial charge in [-0.2, -0.15) is 0 Å². The predicted molar refractivity (Wildman–Crippen MR) is 84.9 cm³/mol. The average Bonchev–Trinajstić information content (AvgIpc) is 2.39. The van der Waals surface area contributed by atoms with Gasteiger partial charge in [-0.1, -0.05) is 37.0 Å². The fraction of sp³-hybridized carbons (Fsp3) is 0.467. The lowest BCUT2D eigenvalue weighted by atomic mass is 9.97. The molecule has 1 saturated heterocycles. The molecule has 1 N–H and O–H groups in total. The molecular weight excluding hydrogens is 311 g/mol. The van der Waals surface area contributed by atoms with Gasteiger partial charge < -0.3 is 5.32 Å². The van der Waals surface area contributed by atoms with E-state index < -0.39 is 12.1 Å². The summed E-state index contributed by atoms with van der Waals surface area (Å²) in [5, 5.41) is 3.68. The van der Waals surface area contributed by atoms with Crippen molar-refractivity contribution >= 4 is 40.7 Å². The molecule has 6 heteroatoms. The molecule has 1 aromatic carbocycles. The summed E-state index contributed by atoms with van der Waals surface area (Å²) in [5.41, 5.74) is 1.30. The van der Waals surface area contributed by atoms with Crippen LogP contribution in [0.2, 0.25) is 10.0 Å². The van der Waals surface area contributed by atoms with E-state index in [0.29, 0.717) is 15.7 Å². The van der Waals surface area contributed by atoms with Gasteiger partial charge in [0.05, 0.1) is 10.7 Å². The van der Waals surface area contributed by atoms with Crippen molar-refractivity contribution in [1.29, 1.82) is 0 Å². The van der Waals surface area contributed by atoms with E-state index in [4.69, 9.17) is 23.2 Å². The number of aryl methyl sites for hydroxylation is 1. The SMILES string of the molecule is Cc1cc(Cl)c(N2C(=O)C(C(C)C)NC(=O)C2C)cc1Cl. The van der Waals surface area contributed by atoms with Gasteiger partial charge in [-0.25, -0.2) is 0 Å². The van der Waals surface area contributed by atoms with Crippen LogP contribution in [0.5, 0.6) is 0 Å². The molecule has 1 heterocycles. The van der Waals surface area contributed by atoms with Crippen molar-refractivity contribution in [3.8, 4) is 0 Å². The van der Waals surface area contributed by atoms with Crippen LogP contribution < -0.4 is 10.2 Å². The number of nitrogens with zero attached hydrogens (tertiary/aromatic N) is 1. The third kappa shape index (κ3) is 2.87. The fourth-order valence-electron chi connectivity index (χ4n) is 2.39. The quantitative estimate of drug-likeness (QED) is 0.906. The first-order valence-corrected chi connectivity index (χ1v) is 7.58. The van der Waals surface area contributed by atoms with Crippen LogP contribution in [-0.2, 0) is 9.59 Å². The lowest BCUT2D eigenvalue weighted by Crippen LogP contribution is -2.64. The number of halogens is 2. The summed E-state index contributed by atoms with van der Waals surface area (Å²) < 4.78 is 0. The van der Waals surface area contributed by atoms with E-state index in [1.165, 1.54) is 4.90 Å². The van der Waals surface area contributed by atoms with Gasteiger partial charge in [-0.15, -0.1) is 0 Å².